The molecule has 0 atom stereocenters. The monoisotopic (exact) mass is 588 g/mol. The minimum atomic E-state index is 0.119. The molecule has 1 aliphatic heterocycles. The second-order valence-electron chi connectivity index (χ2n) is 11.9. The van der Waals surface area contributed by atoms with E-state index in [0.29, 0.717) is 12.1 Å². The number of carbonyl (C=O) groups excluding carboxylic acids is 1. The van der Waals surface area contributed by atoms with Gasteiger partial charge in [-0.1, -0.05) is 121 Å². The third-order valence-corrected chi connectivity index (χ3v) is 9.28. The van der Waals surface area contributed by atoms with E-state index in [0.717, 1.165) is 72.9 Å². The number of hydrogen-bond donors (Lipinski definition) is 0. The first-order valence-electron chi connectivity index (χ1n) is 15.8. The van der Waals surface area contributed by atoms with Crippen molar-refractivity contribution in [3.05, 3.63) is 151 Å². The highest BCUT2D eigenvalue weighted by molar-refractivity contribution is 6.60. The molecule has 9 rings (SSSR count). The van der Waals surface area contributed by atoms with Crippen molar-refractivity contribution in [2.24, 2.45) is 4.99 Å². The molecule has 2 heterocycles. The SMILES string of the molecule is O=C1CCC=C2C1=Nc1ccc3nc4ccc(-c5ccccc5)c(-c5ccccc5-c5ccccc5-c5ccccc5)c4cc3c12. The Morgan fingerprint density at radius 3 is 1.78 bits per heavy atom. The van der Waals surface area contributed by atoms with E-state index >= 15 is 0 Å². The molecular weight excluding hydrogens is 560 g/mol. The smallest absolute Gasteiger partial charge is 0.182 e. The summed E-state index contributed by atoms with van der Waals surface area (Å²) in [6.07, 6.45) is 3.43. The van der Waals surface area contributed by atoms with Crippen LogP contribution in [0.4, 0.5) is 5.69 Å². The molecule has 7 aromatic rings. The molecule has 3 heteroatoms. The Balaban J connectivity index is 1.37. The summed E-state index contributed by atoms with van der Waals surface area (Å²) in [5, 5.41) is 2.10. The van der Waals surface area contributed by atoms with E-state index < -0.39 is 0 Å². The van der Waals surface area contributed by atoms with Gasteiger partial charge in [0, 0.05) is 28.3 Å². The summed E-state index contributed by atoms with van der Waals surface area (Å²) in [6, 6.07) is 49.3. The number of nitrogens with zero attached hydrogens (tertiary/aromatic N) is 2. The van der Waals surface area contributed by atoms with Gasteiger partial charge in [0.05, 0.1) is 16.7 Å². The van der Waals surface area contributed by atoms with Gasteiger partial charge in [-0.3, -0.25) is 4.79 Å². The second-order valence-corrected chi connectivity index (χ2v) is 11.9. The van der Waals surface area contributed by atoms with Crippen LogP contribution < -0.4 is 0 Å². The number of hydrogen-bond acceptors (Lipinski definition) is 3. The van der Waals surface area contributed by atoms with Crippen LogP contribution in [0.2, 0.25) is 0 Å². The minimum Gasteiger partial charge on any atom is -0.292 e. The lowest BCUT2D eigenvalue weighted by Gasteiger charge is -2.20. The molecule has 0 fully saturated rings. The summed E-state index contributed by atoms with van der Waals surface area (Å²) in [4.78, 5) is 22.9. The van der Waals surface area contributed by atoms with Crippen molar-refractivity contribution >= 4 is 44.6 Å². The zero-order valence-electron chi connectivity index (χ0n) is 25.1. The Hall–Kier alpha value is -5.93. The van der Waals surface area contributed by atoms with E-state index in [1.807, 2.05) is 12.1 Å². The van der Waals surface area contributed by atoms with Gasteiger partial charge in [0.1, 0.15) is 5.71 Å². The van der Waals surface area contributed by atoms with Gasteiger partial charge in [0.25, 0.3) is 0 Å². The summed E-state index contributed by atoms with van der Waals surface area (Å²) in [5.41, 5.74) is 14.6. The summed E-state index contributed by atoms with van der Waals surface area (Å²) >= 11 is 0. The fourth-order valence-corrected chi connectivity index (χ4v) is 7.19. The maximum Gasteiger partial charge on any atom is 0.182 e. The third-order valence-electron chi connectivity index (χ3n) is 9.28. The third kappa shape index (κ3) is 4.17. The summed E-state index contributed by atoms with van der Waals surface area (Å²) in [5.74, 6) is 0.119. The number of Topliss-reactive ketones (excluding diaryl/α,β-unsaturated/α-hetero) is 1. The quantitative estimate of drug-likeness (QED) is 0.192. The lowest BCUT2D eigenvalue weighted by Crippen LogP contribution is -2.16. The molecule has 0 radical (unpaired) electrons. The Kier molecular flexibility index (Phi) is 6.10. The molecule has 2 aliphatic rings. The fraction of sp³-hybridized carbons (Fsp3) is 0.0465. The number of aliphatic imine (C=N–C) groups is 1. The zero-order valence-corrected chi connectivity index (χ0v) is 25.1. The largest absolute Gasteiger partial charge is 0.292 e. The highest BCUT2D eigenvalue weighted by atomic mass is 16.1. The molecular formula is C43H28N2O. The van der Waals surface area contributed by atoms with Crippen LogP contribution in [0, 0.1) is 0 Å². The molecule has 0 bridgehead atoms. The fourth-order valence-electron chi connectivity index (χ4n) is 7.19. The van der Waals surface area contributed by atoms with Crippen molar-refractivity contribution in [2.45, 2.75) is 12.8 Å². The van der Waals surface area contributed by atoms with Crippen LogP contribution in [-0.4, -0.2) is 16.5 Å². The molecule has 6 aromatic carbocycles. The van der Waals surface area contributed by atoms with Crippen LogP contribution in [0.1, 0.15) is 18.4 Å². The van der Waals surface area contributed by atoms with Crippen LogP contribution in [0.25, 0.3) is 71.9 Å². The van der Waals surface area contributed by atoms with E-state index in [2.05, 4.69) is 133 Å². The molecule has 0 saturated carbocycles. The highest BCUT2D eigenvalue weighted by Gasteiger charge is 2.30. The number of allylic oxidation sites excluding steroid dienone is 2. The highest BCUT2D eigenvalue weighted by Crippen LogP contribution is 2.47. The summed E-state index contributed by atoms with van der Waals surface area (Å²) in [6.45, 7) is 0. The first kappa shape index (κ1) is 26.5. The van der Waals surface area contributed by atoms with E-state index in [1.165, 1.54) is 16.7 Å². The van der Waals surface area contributed by atoms with Gasteiger partial charge >= 0.3 is 0 Å². The summed E-state index contributed by atoms with van der Waals surface area (Å²) < 4.78 is 0. The first-order valence-corrected chi connectivity index (χ1v) is 15.8. The zero-order chi connectivity index (χ0) is 30.6. The van der Waals surface area contributed by atoms with Crippen LogP contribution in [0.3, 0.4) is 0 Å². The molecule has 46 heavy (non-hydrogen) atoms. The lowest BCUT2D eigenvalue weighted by atomic mass is 9.84. The average Bonchev–Trinajstić information content (AvgIpc) is 3.52. The van der Waals surface area contributed by atoms with E-state index in [1.54, 1.807) is 0 Å². The van der Waals surface area contributed by atoms with Crippen molar-refractivity contribution in [1.29, 1.82) is 0 Å². The Morgan fingerprint density at radius 2 is 1.07 bits per heavy atom. The number of benzene rings is 6. The van der Waals surface area contributed by atoms with Crippen molar-refractivity contribution in [1.82, 2.24) is 4.98 Å². The van der Waals surface area contributed by atoms with Crippen molar-refractivity contribution < 1.29 is 4.79 Å². The maximum absolute atomic E-state index is 12.8. The van der Waals surface area contributed by atoms with Gasteiger partial charge in [0.15, 0.2) is 5.78 Å². The number of carbonyl (C=O) groups is 1. The number of fused-ring (bicyclic) bond motifs is 6. The number of rotatable bonds is 4. The molecule has 1 aliphatic carbocycles. The van der Waals surface area contributed by atoms with E-state index in [4.69, 9.17) is 9.98 Å². The Bertz CT molecular complexity index is 2420. The molecule has 3 nitrogen and oxygen atoms in total. The predicted molar refractivity (Wildman–Crippen MR) is 190 cm³/mol. The van der Waals surface area contributed by atoms with Crippen LogP contribution in [0.5, 0.6) is 0 Å². The average molecular weight is 589 g/mol. The normalized spacial score (nSPS) is 13.8. The first-order chi connectivity index (χ1) is 22.7. The number of aromatic nitrogens is 1. The number of pyridine rings is 1. The van der Waals surface area contributed by atoms with Gasteiger partial charge in [-0.15, -0.1) is 0 Å². The standard InChI is InChI=1S/C43H28N2O/c46-40-21-11-20-34-42-36-26-35-37(44-38(36)24-25-39(42)45-43(34)40)23-22-30(28-14-5-2-6-15-28)41(35)33-19-10-9-18-32(33)31-17-8-7-16-29(31)27-12-3-1-4-13-27/h1-10,12-20,22-26H,11,21H2. The van der Waals surface area contributed by atoms with Gasteiger partial charge in [0.2, 0.25) is 0 Å². The molecule has 0 saturated heterocycles. The Morgan fingerprint density at radius 1 is 0.500 bits per heavy atom. The molecule has 0 spiro atoms. The van der Waals surface area contributed by atoms with E-state index in [9.17, 15) is 4.79 Å². The second kappa shape index (κ2) is 10.6. The molecule has 0 unspecified atom stereocenters. The molecule has 1 aromatic heterocycles. The van der Waals surface area contributed by atoms with Gasteiger partial charge in [-0.25, -0.2) is 9.98 Å². The van der Waals surface area contributed by atoms with Crippen LogP contribution >= 0.6 is 0 Å². The molecule has 0 N–H and O–H groups in total. The maximum atomic E-state index is 12.8. The van der Waals surface area contributed by atoms with Gasteiger partial charge in [-0.2, -0.15) is 0 Å². The van der Waals surface area contributed by atoms with E-state index in [-0.39, 0.29) is 5.78 Å². The van der Waals surface area contributed by atoms with Crippen LogP contribution in [-0.2, 0) is 4.79 Å². The molecule has 216 valence electrons. The van der Waals surface area contributed by atoms with Crippen LogP contribution in [0.15, 0.2) is 151 Å². The lowest BCUT2D eigenvalue weighted by molar-refractivity contribution is -0.112. The van der Waals surface area contributed by atoms with Crippen molar-refractivity contribution in [2.75, 3.05) is 0 Å². The summed E-state index contributed by atoms with van der Waals surface area (Å²) in [7, 11) is 0. The van der Waals surface area contributed by atoms with Crippen molar-refractivity contribution in [3.63, 3.8) is 0 Å². The van der Waals surface area contributed by atoms with Gasteiger partial charge in [-0.05, 0) is 75.2 Å². The Labute approximate surface area is 267 Å². The van der Waals surface area contributed by atoms with Crippen molar-refractivity contribution in [3.8, 4) is 44.5 Å². The predicted octanol–water partition coefficient (Wildman–Crippen LogP) is 10.9. The minimum absolute atomic E-state index is 0.119. The molecule has 0 amide bonds. The van der Waals surface area contributed by atoms with Gasteiger partial charge < -0.3 is 0 Å². The number of ketones is 1. The topological polar surface area (TPSA) is 42.3 Å².